The van der Waals surface area contributed by atoms with Gasteiger partial charge in [-0.05, 0) is 28.8 Å². The zero-order valence-corrected chi connectivity index (χ0v) is 11.6. The summed E-state index contributed by atoms with van der Waals surface area (Å²) in [5.74, 6) is -0.124. The van der Waals surface area contributed by atoms with Crippen molar-refractivity contribution in [3.63, 3.8) is 0 Å². The van der Waals surface area contributed by atoms with Crippen molar-refractivity contribution < 1.29 is 4.79 Å². The number of hydrogen-bond acceptors (Lipinski definition) is 2. The quantitative estimate of drug-likeness (QED) is 0.723. The minimum absolute atomic E-state index is 0.124. The molecule has 0 bridgehead atoms. The fraction of sp³-hybridized carbons (Fsp3) is 0.0588. The average Bonchev–Trinajstić information content (AvgIpc) is 3.00. The maximum atomic E-state index is 11.8. The number of aromatic amines is 1. The van der Waals surface area contributed by atoms with Gasteiger partial charge in [0.15, 0.2) is 0 Å². The molecule has 0 aliphatic rings. The SMILES string of the molecule is CNC(=O)C=C(c1ccccc1)c1ccc2[nH]ncc2c1. The van der Waals surface area contributed by atoms with Crippen LogP contribution in [0, 0.1) is 0 Å². The summed E-state index contributed by atoms with van der Waals surface area (Å²) in [6, 6.07) is 15.9. The number of nitrogens with one attached hydrogen (secondary N) is 2. The Bertz CT molecular complexity index is 803. The molecule has 104 valence electrons. The molecule has 0 saturated heterocycles. The van der Waals surface area contributed by atoms with Gasteiger partial charge in [0.25, 0.3) is 0 Å². The van der Waals surface area contributed by atoms with Crippen molar-refractivity contribution in [2.45, 2.75) is 0 Å². The minimum Gasteiger partial charge on any atom is -0.356 e. The Morgan fingerprint density at radius 2 is 1.95 bits per heavy atom. The normalized spacial score (nSPS) is 11.6. The van der Waals surface area contributed by atoms with Crippen LogP contribution in [0.2, 0.25) is 0 Å². The lowest BCUT2D eigenvalue weighted by molar-refractivity contribution is -0.116. The number of fused-ring (bicyclic) bond motifs is 1. The number of benzene rings is 2. The Kier molecular flexibility index (Phi) is 3.51. The molecule has 0 unspecified atom stereocenters. The molecular weight excluding hydrogens is 262 g/mol. The topological polar surface area (TPSA) is 57.8 Å². The van der Waals surface area contributed by atoms with Crippen LogP contribution >= 0.6 is 0 Å². The van der Waals surface area contributed by atoms with E-state index in [4.69, 9.17) is 0 Å². The molecule has 0 spiro atoms. The van der Waals surface area contributed by atoms with E-state index in [1.807, 2.05) is 48.5 Å². The van der Waals surface area contributed by atoms with E-state index in [0.29, 0.717) is 0 Å². The molecule has 3 rings (SSSR count). The lowest BCUT2D eigenvalue weighted by Gasteiger charge is -2.08. The number of likely N-dealkylation sites (N-methyl/N-ethyl adjacent to an activating group) is 1. The van der Waals surface area contributed by atoms with Gasteiger partial charge in [0, 0.05) is 18.5 Å². The second-order valence-corrected chi connectivity index (χ2v) is 4.71. The average molecular weight is 277 g/mol. The number of hydrogen-bond donors (Lipinski definition) is 2. The number of nitrogens with zero attached hydrogens (tertiary/aromatic N) is 1. The molecule has 0 aliphatic carbocycles. The molecule has 21 heavy (non-hydrogen) atoms. The third-order valence-corrected chi connectivity index (χ3v) is 3.36. The maximum absolute atomic E-state index is 11.8. The Labute approximate surface area is 122 Å². The first kappa shape index (κ1) is 13.1. The van der Waals surface area contributed by atoms with E-state index < -0.39 is 0 Å². The summed E-state index contributed by atoms with van der Waals surface area (Å²) in [5, 5.41) is 10.6. The Balaban J connectivity index is 2.14. The van der Waals surface area contributed by atoms with Gasteiger partial charge in [-0.25, -0.2) is 0 Å². The lowest BCUT2D eigenvalue weighted by atomic mass is 9.96. The van der Waals surface area contributed by atoms with Crippen molar-refractivity contribution in [2.75, 3.05) is 7.05 Å². The molecule has 0 aliphatic heterocycles. The summed E-state index contributed by atoms with van der Waals surface area (Å²) in [7, 11) is 1.63. The second kappa shape index (κ2) is 5.63. The minimum atomic E-state index is -0.124. The number of aromatic nitrogens is 2. The van der Waals surface area contributed by atoms with Gasteiger partial charge in [0.05, 0.1) is 11.7 Å². The van der Waals surface area contributed by atoms with Gasteiger partial charge < -0.3 is 5.32 Å². The van der Waals surface area contributed by atoms with Crippen molar-refractivity contribution in [3.05, 3.63) is 71.9 Å². The van der Waals surface area contributed by atoms with E-state index in [2.05, 4.69) is 15.5 Å². The highest BCUT2D eigenvalue weighted by Crippen LogP contribution is 2.25. The smallest absolute Gasteiger partial charge is 0.244 e. The van der Waals surface area contributed by atoms with Crippen molar-refractivity contribution in [3.8, 4) is 0 Å². The van der Waals surface area contributed by atoms with E-state index in [-0.39, 0.29) is 5.91 Å². The summed E-state index contributed by atoms with van der Waals surface area (Å²) in [4.78, 5) is 11.8. The maximum Gasteiger partial charge on any atom is 0.244 e. The summed E-state index contributed by atoms with van der Waals surface area (Å²) >= 11 is 0. The van der Waals surface area contributed by atoms with E-state index in [9.17, 15) is 4.79 Å². The van der Waals surface area contributed by atoms with E-state index in [1.54, 1.807) is 19.3 Å². The molecule has 0 saturated carbocycles. The summed E-state index contributed by atoms with van der Waals surface area (Å²) in [5.41, 5.74) is 3.85. The number of rotatable bonds is 3. The highest BCUT2D eigenvalue weighted by atomic mass is 16.1. The van der Waals surface area contributed by atoms with Crippen LogP contribution in [0.25, 0.3) is 16.5 Å². The molecule has 0 radical (unpaired) electrons. The van der Waals surface area contributed by atoms with Gasteiger partial charge in [0.1, 0.15) is 0 Å². The van der Waals surface area contributed by atoms with E-state index >= 15 is 0 Å². The van der Waals surface area contributed by atoms with Crippen molar-refractivity contribution >= 4 is 22.4 Å². The van der Waals surface area contributed by atoms with Crippen LogP contribution in [0.4, 0.5) is 0 Å². The van der Waals surface area contributed by atoms with Gasteiger partial charge in [-0.3, -0.25) is 9.89 Å². The van der Waals surface area contributed by atoms with Crippen LogP contribution in [-0.4, -0.2) is 23.2 Å². The lowest BCUT2D eigenvalue weighted by Crippen LogP contribution is -2.15. The van der Waals surface area contributed by atoms with E-state index in [0.717, 1.165) is 27.6 Å². The number of H-pyrrole nitrogens is 1. The van der Waals surface area contributed by atoms with Gasteiger partial charge in [0.2, 0.25) is 5.91 Å². The summed E-state index contributed by atoms with van der Waals surface area (Å²) in [6.07, 6.45) is 3.40. The van der Waals surface area contributed by atoms with Crippen LogP contribution in [-0.2, 0) is 4.79 Å². The van der Waals surface area contributed by atoms with Crippen molar-refractivity contribution in [1.82, 2.24) is 15.5 Å². The predicted octanol–water partition coefficient (Wildman–Crippen LogP) is 2.74. The zero-order chi connectivity index (χ0) is 14.7. The van der Waals surface area contributed by atoms with E-state index in [1.165, 1.54) is 0 Å². The molecule has 0 fully saturated rings. The first-order valence-corrected chi connectivity index (χ1v) is 6.70. The fourth-order valence-electron chi connectivity index (χ4n) is 2.26. The van der Waals surface area contributed by atoms with Crippen LogP contribution < -0.4 is 5.32 Å². The van der Waals surface area contributed by atoms with Crippen LogP contribution in [0.5, 0.6) is 0 Å². The standard InChI is InChI=1S/C17H15N3O/c1-18-17(21)10-15(12-5-3-2-4-6-12)13-7-8-16-14(9-13)11-19-20-16/h2-11H,1H3,(H,18,21)(H,19,20). The molecule has 1 amide bonds. The van der Waals surface area contributed by atoms with Crippen molar-refractivity contribution in [1.29, 1.82) is 0 Å². The molecular formula is C17H15N3O. The largest absolute Gasteiger partial charge is 0.356 e. The Hall–Kier alpha value is -2.88. The van der Waals surface area contributed by atoms with Gasteiger partial charge in [-0.2, -0.15) is 5.10 Å². The summed E-state index contributed by atoms with van der Waals surface area (Å²) < 4.78 is 0. The Morgan fingerprint density at radius 1 is 1.14 bits per heavy atom. The fourth-order valence-corrected chi connectivity index (χ4v) is 2.26. The third-order valence-electron chi connectivity index (χ3n) is 3.36. The molecule has 4 heteroatoms. The van der Waals surface area contributed by atoms with Gasteiger partial charge in [-0.15, -0.1) is 0 Å². The molecule has 1 heterocycles. The first-order valence-electron chi connectivity index (χ1n) is 6.70. The number of carbonyl (C=O) groups is 1. The molecule has 3 aromatic rings. The second-order valence-electron chi connectivity index (χ2n) is 4.71. The highest BCUT2D eigenvalue weighted by molar-refractivity contribution is 6.00. The van der Waals surface area contributed by atoms with Gasteiger partial charge >= 0.3 is 0 Å². The third kappa shape index (κ3) is 2.69. The number of amides is 1. The molecule has 1 aromatic heterocycles. The molecule has 2 N–H and O–H groups in total. The molecule has 2 aromatic carbocycles. The van der Waals surface area contributed by atoms with Crippen LogP contribution in [0.1, 0.15) is 11.1 Å². The van der Waals surface area contributed by atoms with Crippen LogP contribution in [0.15, 0.2) is 60.8 Å². The Morgan fingerprint density at radius 3 is 2.71 bits per heavy atom. The summed E-state index contributed by atoms with van der Waals surface area (Å²) in [6.45, 7) is 0. The monoisotopic (exact) mass is 277 g/mol. The van der Waals surface area contributed by atoms with Crippen LogP contribution in [0.3, 0.4) is 0 Å². The molecule has 0 atom stereocenters. The van der Waals surface area contributed by atoms with Gasteiger partial charge in [-0.1, -0.05) is 36.4 Å². The number of carbonyl (C=O) groups excluding carboxylic acids is 1. The predicted molar refractivity (Wildman–Crippen MR) is 83.7 cm³/mol. The highest BCUT2D eigenvalue weighted by Gasteiger charge is 2.08. The zero-order valence-electron chi connectivity index (χ0n) is 11.6. The van der Waals surface area contributed by atoms with Crippen molar-refractivity contribution in [2.24, 2.45) is 0 Å². The molecule has 4 nitrogen and oxygen atoms in total. The first-order chi connectivity index (χ1) is 10.3.